The van der Waals surface area contributed by atoms with Crippen molar-refractivity contribution in [1.29, 1.82) is 0 Å². The molecule has 0 aromatic heterocycles. The van der Waals surface area contributed by atoms with Gasteiger partial charge in [-0.2, -0.15) is 0 Å². The smallest absolute Gasteiger partial charge is 0.194 e. The van der Waals surface area contributed by atoms with E-state index in [1.54, 1.807) is 0 Å². The Bertz CT molecular complexity index is 514. The Morgan fingerprint density at radius 2 is 1.92 bits per heavy atom. The zero-order valence-corrected chi connectivity index (χ0v) is 18.6. The van der Waals surface area contributed by atoms with Crippen LogP contribution in [0.15, 0.2) is 4.99 Å². The van der Waals surface area contributed by atoms with Crippen molar-refractivity contribution in [3.05, 3.63) is 0 Å². The van der Waals surface area contributed by atoms with Crippen LogP contribution in [0.3, 0.4) is 0 Å². The maximum Gasteiger partial charge on any atom is 0.194 e. The molecule has 2 fully saturated rings. The molecular formula is C17H34IN3O2S. The van der Waals surface area contributed by atoms with Crippen LogP contribution < -0.4 is 5.32 Å². The summed E-state index contributed by atoms with van der Waals surface area (Å²) in [5.41, 5.74) is 0. The third-order valence-electron chi connectivity index (χ3n) is 4.98. The Labute approximate surface area is 165 Å². The zero-order chi connectivity index (χ0) is 17.0. The SMILES string of the molecule is CCC(C)NC(=NCC1CCS(=O)(=O)C1)N1CC(C)CC(C)C1.I. The molecule has 0 spiro atoms. The second-order valence-corrected chi connectivity index (χ2v) is 9.97. The molecule has 0 aromatic carbocycles. The molecular weight excluding hydrogens is 437 g/mol. The van der Waals surface area contributed by atoms with Gasteiger partial charge in [-0.1, -0.05) is 20.8 Å². The van der Waals surface area contributed by atoms with Gasteiger partial charge in [-0.25, -0.2) is 8.42 Å². The number of nitrogens with one attached hydrogen (secondary N) is 1. The van der Waals surface area contributed by atoms with Crippen molar-refractivity contribution in [3.63, 3.8) is 0 Å². The van der Waals surface area contributed by atoms with Crippen LogP contribution in [0.25, 0.3) is 0 Å². The largest absolute Gasteiger partial charge is 0.354 e. The van der Waals surface area contributed by atoms with E-state index in [4.69, 9.17) is 4.99 Å². The summed E-state index contributed by atoms with van der Waals surface area (Å²) in [4.78, 5) is 7.19. The summed E-state index contributed by atoms with van der Waals surface area (Å²) in [5, 5.41) is 3.55. The van der Waals surface area contributed by atoms with Gasteiger partial charge in [0.2, 0.25) is 0 Å². The quantitative estimate of drug-likeness (QED) is 0.389. The summed E-state index contributed by atoms with van der Waals surface area (Å²) >= 11 is 0. The summed E-state index contributed by atoms with van der Waals surface area (Å²) in [6.07, 6.45) is 3.08. The molecule has 4 unspecified atom stereocenters. The number of likely N-dealkylation sites (tertiary alicyclic amines) is 1. The summed E-state index contributed by atoms with van der Waals surface area (Å²) < 4.78 is 23.2. The number of hydrogen-bond acceptors (Lipinski definition) is 3. The van der Waals surface area contributed by atoms with Crippen LogP contribution in [0, 0.1) is 17.8 Å². The number of guanidine groups is 1. The molecule has 0 amide bonds. The number of piperidine rings is 1. The lowest BCUT2D eigenvalue weighted by atomic mass is 9.92. The van der Waals surface area contributed by atoms with Gasteiger partial charge in [0.25, 0.3) is 0 Å². The van der Waals surface area contributed by atoms with E-state index in [0.29, 0.717) is 35.9 Å². The molecule has 1 N–H and O–H groups in total. The predicted molar refractivity (Wildman–Crippen MR) is 112 cm³/mol. The fraction of sp³-hybridized carbons (Fsp3) is 0.941. The van der Waals surface area contributed by atoms with Gasteiger partial charge in [0, 0.05) is 25.7 Å². The highest BCUT2D eigenvalue weighted by molar-refractivity contribution is 14.0. The molecule has 24 heavy (non-hydrogen) atoms. The van der Waals surface area contributed by atoms with E-state index in [0.717, 1.165) is 31.9 Å². The molecule has 2 heterocycles. The van der Waals surface area contributed by atoms with Crippen LogP contribution in [-0.2, 0) is 9.84 Å². The van der Waals surface area contributed by atoms with E-state index in [9.17, 15) is 8.42 Å². The molecule has 7 heteroatoms. The number of sulfone groups is 1. The van der Waals surface area contributed by atoms with Crippen molar-refractivity contribution in [1.82, 2.24) is 10.2 Å². The maximum atomic E-state index is 11.6. The maximum absolute atomic E-state index is 11.6. The third kappa shape index (κ3) is 6.69. The third-order valence-corrected chi connectivity index (χ3v) is 6.82. The highest BCUT2D eigenvalue weighted by Crippen LogP contribution is 2.22. The first kappa shape index (κ1) is 22.0. The summed E-state index contributed by atoms with van der Waals surface area (Å²) in [5.74, 6) is 3.15. The van der Waals surface area contributed by atoms with Gasteiger partial charge >= 0.3 is 0 Å². The van der Waals surface area contributed by atoms with Gasteiger partial charge in [0.15, 0.2) is 15.8 Å². The Hall–Kier alpha value is -0.0500. The van der Waals surface area contributed by atoms with E-state index >= 15 is 0 Å². The average molecular weight is 471 g/mol. The van der Waals surface area contributed by atoms with Crippen molar-refractivity contribution in [3.8, 4) is 0 Å². The van der Waals surface area contributed by atoms with Gasteiger partial charge in [-0.3, -0.25) is 4.99 Å². The lowest BCUT2D eigenvalue weighted by Gasteiger charge is -2.38. The van der Waals surface area contributed by atoms with Crippen molar-refractivity contribution in [2.45, 2.75) is 53.0 Å². The van der Waals surface area contributed by atoms with E-state index < -0.39 is 9.84 Å². The average Bonchev–Trinajstić information content (AvgIpc) is 2.81. The lowest BCUT2D eigenvalue weighted by Crippen LogP contribution is -2.50. The highest BCUT2D eigenvalue weighted by atomic mass is 127. The predicted octanol–water partition coefficient (Wildman–Crippen LogP) is 2.76. The second-order valence-electron chi connectivity index (χ2n) is 7.74. The fourth-order valence-corrected chi connectivity index (χ4v) is 5.48. The first-order chi connectivity index (χ1) is 10.8. The van der Waals surface area contributed by atoms with Crippen LogP contribution in [-0.4, -0.2) is 56.5 Å². The minimum Gasteiger partial charge on any atom is -0.354 e. The van der Waals surface area contributed by atoms with Crippen LogP contribution in [0.1, 0.15) is 47.0 Å². The molecule has 2 aliphatic heterocycles. The zero-order valence-electron chi connectivity index (χ0n) is 15.5. The first-order valence-corrected chi connectivity index (χ1v) is 10.9. The molecule has 4 atom stereocenters. The Balaban J connectivity index is 0.00000288. The van der Waals surface area contributed by atoms with Crippen LogP contribution in [0.5, 0.6) is 0 Å². The molecule has 142 valence electrons. The van der Waals surface area contributed by atoms with Crippen molar-refractivity contribution >= 4 is 39.8 Å². The number of hydrogen-bond donors (Lipinski definition) is 1. The molecule has 5 nitrogen and oxygen atoms in total. The molecule has 0 aliphatic carbocycles. The van der Waals surface area contributed by atoms with E-state index in [2.05, 4.69) is 37.9 Å². The standard InChI is InChI=1S/C17H33N3O2S.HI/c1-5-15(4)19-17(20-10-13(2)8-14(3)11-20)18-9-16-6-7-23(21,22)12-16;/h13-16H,5-12H2,1-4H3,(H,18,19);1H. The highest BCUT2D eigenvalue weighted by Gasteiger charge is 2.29. The molecule has 0 bridgehead atoms. The van der Waals surface area contributed by atoms with Crippen molar-refractivity contribution in [2.24, 2.45) is 22.7 Å². The van der Waals surface area contributed by atoms with Gasteiger partial charge < -0.3 is 10.2 Å². The first-order valence-electron chi connectivity index (χ1n) is 9.05. The number of halogens is 1. The number of aliphatic imine (C=N–C) groups is 1. The fourth-order valence-electron chi connectivity index (χ4n) is 3.63. The molecule has 0 radical (unpaired) electrons. The van der Waals surface area contributed by atoms with E-state index in [-0.39, 0.29) is 29.9 Å². The monoisotopic (exact) mass is 471 g/mol. The second kappa shape index (κ2) is 9.59. The summed E-state index contributed by atoms with van der Waals surface area (Å²) in [6, 6.07) is 0.383. The topological polar surface area (TPSA) is 61.8 Å². The molecule has 2 rings (SSSR count). The van der Waals surface area contributed by atoms with Crippen LogP contribution in [0.2, 0.25) is 0 Å². The minimum atomic E-state index is -2.82. The summed E-state index contributed by atoms with van der Waals surface area (Å²) in [6.45, 7) is 11.6. The van der Waals surface area contributed by atoms with Crippen LogP contribution >= 0.6 is 24.0 Å². The summed E-state index contributed by atoms with van der Waals surface area (Å²) in [7, 11) is -2.82. The van der Waals surface area contributed by atoms with Crippen LogP contribution in [0.4, 0.5) is 0 Å². The minimum absolute atomic E-state index is 0. The Morgan fingerprint density at radius 3 is 2.42 bits per heavy atom. The Morgan fingerprint density at radius 1 is 1.29 bits per heavy atom. The molecule has 2 saturated heterocycles. The van der Waals surface area contributed by atoms with Gasteiger partial charge in [-0.15, -0.1) is 24.0 Å². The molecule has 0 aromatic rings. The normalized spacial score (nSPS) is 31.4. The lowest BCUT2D eigenvalue weighted by molar-refractivity contribution is 0.206. The molecule has 2 aliphatic rings. The van der Waals surface area contributed by atoms with Gasteiger partial charge in [0.05, 0.1) is 11.5 Å². The molecule has 0 saturated carbocycles. The Kier molecular flexibility index (Phi) is 8.79. The number of rotatable bonds is 4. The van der Waals surface area contributed by atoms with Gasteiger partial charge in [-0.05, 0) is 43.9 Å². The van der Waals surface area contributed by atoms with Crippen molar-refractivity contribution < 1.29 is 8.42 Å². The van der Waals surface area contributed by atoms with E-state index in [1.807, 2.05) is 0 Å². The van der Waals surface area contributed by atoms with Gasteiger partial charge in [0.1, 0.15) is 0 Å². The van der Waals surface area contributed by atoms with E-state index in [1.165, 1.54) is 6.42 Å². The number of nitrogens with zero attached hydrogens (tertiary/aromatic N) is 2. The van der Waals surface area contributed by atoms with Crippen molar-refractivity contribution in [2.75, 3.05) is 31.1 Å².